The van der Waals surface area contributed by atoms with Crippen molar-refractivity contribution in [1.29, 1.82) is 0 Å². The highest BCUT2D eigenvalue weighted by molar-refractivity contribution is 5.75. The monoisotopic (exact) mass is 713 g/mol. The molecule has 0 radical (unpaired) electrons. The normalized spacial score (nSPS) is 18.5. The second-order valence-electron chi connectivity index (χ2n) is 13.6. The maximum Gasteiger partial charge on any atom is 0.315 e. The molecule has 9 heteroatoms. The summed E-state index contributed by atoms with van der Waals surface area (Å²) < 4.78 is 24.5. The minimum absolute atomic E-state index is 0.000252. The number of aliphatic hydroxyl groups excluding tert-OH is 1. The molecule has 1 fully saturated rings. The minimum atomic E-state index is -0.558. The fourth-order valence-electron chi connectivity index (χ4n) is 7.21. The number of methoxy groups -OCH3 is 2. The lowest BCUT2D eigenvalue weighted by Crippen LogP contribution is -2.41. The van der Waals surface area contributed by atoms with Crippen LogP contribution in [0.25, 0.3) is 11.1 Å². The highest BCUT2D eigenvalue weighted by Gasteiger charge is 2.34. The lowest BCUT2D eigenvalue weighted by atomic mass is 9.96. The first-order chi connectivity index (χ1) is 26.0. The molecule has 2 aliphatic rings. The van der Waals surface area contributed by atoms with E-state index in [1.165, 1.54) is 11.1 Å². The van der Waals surface area contributed by atoms with Gasteiger partial charge < -0.3 is 34.7 Å². The van der Waals surface area contributed by atoms with Gasteiger partial charge in [0.2, 0.25) is 0 Å². The Hall–Kier alpha value is -5.19. The predicted molar refractivity (Wildman–Crippen MR) is 204 cm³/mol. The molecule has 2 heterocycles. The molecule has 53 heavy (non-hydrogen) atoms. The van der Waals surface area contributed by atoms with Crippen LogP contribution in [0.2, 0.25) is 0 Å². The average Bonchev–Trinajstić information content (AvgIpc) is 3.22. The van der Waals surface area contributed by atoms with E-state index in [-0.39, 0.29) is 24.8 Å². The van der Waals surface area contributed by atoms with Gasteiger partial charge in [0.05, 0.1) is 33.0 Å². The predicted octanol–water partition coefficient (Wildman–Crippen LogP) is 7.47. The van der Waals surface area contributed by atoms with E-state index in [2.05, 4.69) is 58.0 Å². The zero-order chi connectivity index (χ0) is 36.6. The number of amides is 2. The molecule has 0 unspecified atom stereocenters. The van der Waals surface area contributed by atoms with Crippen molar-refractivity contribution in [3.8, 4) is 22.6 Å². The number of carbonyl (C=O) groups excluding carboxylic acids is 1. The van der Waals surface area contributed by atoms with E-state index in [4.69, 9.17) is 18.9 Å². The molecule has 3 atom stereocenters. The Bertz CT molecular complexity index is 1970. The van der Waals surface area contributed by atoms with Crippen LogP contribution < -0.4 is 20.1 Å². The summed E-state index contributed by atoms with van der Waals surface area (Å²) in [6.07, 6.45) is 0.828. The average molecular weight is 714 g/mol. The van der Waals surface area contributed by atoms with Gasteiger partial charge in [-0.15, -0.1) is 0 Å². The molecular formula is C44H47N3O6. The van der Waals surface area contributed by atoms with E-state index in [0.29, 0.717) is 19.5 Å². The molecule has 3 N–H and O–H groups in total. The SMILES string of the molecule is COc1cc2c(cc1OC)CN(C[C@H]1C[C@@H](c3ccc(CO)cc3)O[C@@H](c3ccc(-c4ccccc4CNC(=O)NCc4ccccc4)cc3)O1)CC2. The van der Waals surface area contributed by atoms with Gasteiger partial charge in [-0.25, -0.2) is 4.79 Å². The molecular weight excluding hydrogens is 666 g/mol. The van der Waals surface area contributed by atoms with Crippen molar-refractivity contribution in [3.63, 3.8) is 0 Å². The van der Waals surface area contributed by atoms with E-state index in [1.807, 2.05) is 72.8 Å². The summed E-state index contributed by atoms with van der Waals surface area (Å²) in [5, 5.41) is 15.6. The molecule has 7 rings (SSSR count). The summed E-state index contributed by atoms with van der Waals surface area (Å²) in [5.41, 5.74) is 9.55. The fraction of sp³-hybridized carbons (Fsp3) is 0.295. The number of benzene rings is 5. The minimum Gasteiger partial charge on any atom is -0.493 e. The summed E-state index contributed by atoms with van der Waals surface area (Å²) in [7, 11) is 3.35. The Labute approximate surface area is 311 Å². The Kier molecular flexibility index (Phi) is 11.7. The molecule has 0 aromatic heterocycles. The third-order valence-corrected chi connectivity index (χ3v) is 10.1. The Balaban J connectivity index is 1.05. The van der Waals surface area contributed by atoms with Gasteiger partial charge in [0.25, 0.3) is 0 Å². The first-order valence-electron chi connectivity index (χ1n) is 18.2. The van der Waals surface area contributed by atoms with Crippen molar-refractivity contribution in [3.05, 3.63) is 154 Å². The van der Waals surface area contributed by atoms with Crippen LogP contribution in [0.15, 0.2) is 115 Å². The maximum absolute atomic E-state index is 12.6. The molecule has 5 aromatic carbocycles. The number of hydrogen-bond acceptors (Lipinski definition) is 7. The van der Waals surface area contributed by atoms with Crippen LogP contribution in [-0.2, 0) is 42.1 Å². The molecule has 0 saturated carbocycles. The van der Waals surface area contributed by atoms with Crippen molar-refractivity contribution >= 4 is 6.03 Å². The first kappa shape index (κ1) is 36.2. The highest BCUT2D eigenvalue weighted by atomic mass is 16.7. The van der Waals surface area contributed by atoms with Gasteiger partial charge in [-0.05, 0) is 63.1 Å². The number of fused-ring (bicyclic) bond motifs is 1. The summed E-state index contributed by atoms with van der Waals surface area (Å²) in [6, 6.07) is 38.3. The van der Waals surface area contributed by atoms with Crippen LogP contribution in [0, 0.1) is 0 Å². The van der Waals surface area contributed by atoms with Crippen LogP contribution in [0.5, 0.6) is 11.5 Å². The molecule has 0 bridgehead atoms. The lowest BCUT2D eigenvalue weighted by Gasteiger charge is -2.39. The van der Waals surface area contributed by atoms with Gasteiger partial charge in [-0.2, -0.15) is 0 Å². The van der Waals surface area contributed by atoms with Gasteiger partial charge in [-0.3, -0.25) is 4.90 Å². The molecule has 9 nitrogen and oxygen atoms in total. The van der Waals surface area contributed by atoms with Crippen LogP contribution >= 0.6 is 0 Å². The Morgan fingerprint density at radius 2 is 1.45 bits per heavy atom. The third-order valence-electron chi connectivity index (χ3n) is 10.1. The smallest absolute Gasteiger partial charge is 0.315 e. The largest absolute Gasteiger partial charge is 0.493 e. The molecule has 2 amide bonds. The summed E-state index contributed by atoms with van der Waals surface area (Å²) in [6.45, 7) is 3.34. The van der Waals surface area contributed by atoms with Gasteiger partial charge >= 0.3 is 6.03 Å². The molecule has 0 aliphatic carbocycles. The lowest BCUT2D eigenvalue weighted by molar-refractivity contribution is -0.253. The van der Waals surface area contributed by atoms with Crippen LogP contribution in [0.4, 0.5) is 4.79 Å². The molecule has 2 aliphatic heterocycles. The van der Waals surface area contributed by atoms with Gasteiger partial charge in [0, 0.05) is 44.7 Å². The fourth-order valence-corrected chi connectivity index (χ4v) is 7.21. The van der Waals surface area contributed by atoms with Crippen molar-refractivity contribution in [1.82, 2.24) is 15.5 Å². The molecule has 274 valence electrons. The van der Waals surface area contributed by atoms with Crippen LogP contribution in [-0.4, -0.2) is 49.5 Å². The highest BCUT2D eigenvalue weighted by Crippen LogP contribution is 2.40. The molecule has 0 spiro atoms. The number of ether oxygens (including phenoxy) is 4. The van der Waals surface area contributed by atoms with Crippen molar-refractivity contribution < 1.29 is 28.8 Å². The van der Waals surface area contributed by atoms with E-state index in [1.54, 1.807) is 14.2 Å². The number of urea groups is 1. The zero-order valence-electron chi connectivity index (χ0n) is 30.3. The summed E-state index contributed by atoms with van der Waals surface area (Å²) in [5.74, 6) is 1.51. The number of nitrogens with zero attached hydrogens (tertiary/aromatic N) is 1. The van der Waals surface area contributed by atoms with Crippen molar-refractivity contribution in [2.75, 3.05) is 27.3 Å². The van der Waals surface area contributed by atoms with E-state index in [9.17, 15) is 9.90 Å². The quantitative estimate of drug-likeness (QED) is 0.123. The van der Waals surface area contributed by atoms with E-state index >= 15 is 0 Å². The number of hydrogen-bond donors (Lipinski definition) is 3. The van der Waals surface area contributed by atoms with Crippen molar-refractivity contribution in [2.24, 2.45) is 0 Å². The number of carbonyl (C=O) groups is 1. The topological polar surface area (TPSA) is 102 Å². The van der Waals surface area contributed by atoms with E-state index in [0.717, 1.165) is 76.5 Å². The second kappa shape index (κ2) is 17.1. The third kappa shape index (κ3) is 8.89. The van der Waals surface area contributed by atoms with Gasteiger partial charge in [-0.1, -0.05) is 103 Å². The van der Waals surface area contributed by atoms with Gasteiger partial charge in [0.1, 0.15) is 0 Å². The van der Waals surface area contributed by atoms with Crippen LogP contribution in [0.1, 0.15) is 57.8 Å². The number of aliphatic hydroxyl groups is 1. The van der Waals surface area contributed by atoms with Crippen LogP contribution in [0.3, 0.4) is 0 Å². The standard InChI is InChI=1S/C44H47N3O6/c1-50-41-22-35-20-21-47(27-37(35)23-42(41)51-2)28-38-24-40(33-14-12-31(29-48)13-15-33)53-43(52-38)34-18-16-32(17-19-34)39-11-7-6-10-36(39)26-46-44(49)45-25-30-8-4-3-5-9-30/h3-19,22-23,38,40,43,48H,20-21,24-29H2,1-2H3,(H2,45,46,49)/t38-,40+,43+/m1/s1. The van der Waals surface area contributed by atoms with Crippen molar-refractivity contribution in [2.45, 2.75) is 57.6 Å². The molecule has 1 saturated heterocycles. The maximum atomic E-state index is 12.6. The number of rotatable bonds is 12. The Morgan fingerprint density at radius 3 is 2.19 bits per heavy atom. The second-order valence-corrected chi connectivity index (χ2v) is 13.6. The number of nitrogens with one attached hydrogen (secondary N) is 2. The van der Waals surface area contributed by atoms with Gasteiger partial charge in [0.15, 0.2) is 17.8 Å². The Morgan fingerprint density at radius 1 is 0.774 bits per heavy atom. The summed E-state index contributed by atoms with van der Waals surface area (Å²) >= 11 is 0. The zero-order valence-corrected chi connectivity index (χ0v) is 30.3. The summed E-state index contributed by atoms with van der Waals surface area (Å²) in [4.78, 5) is 15.0. The molecule has 5 aromatic rings. The van der Waals surface area contributed by atoms with E-state index < -0.39 is 6.29 Å². The first-order valence-corrected chi connectivity index (χ1v) is 18.2.